The highest BCUT2D eigenvalue weighted by Gasteiger charge is 2.23. The molecule has 0 radical (unpaired) electrons. The molecule has 1 aliphatic rings. The maximum atomic E-state index is 5.43. The molecule has 2 heterocycles. The third kappa shape index (κ3) is 2.10. The highest BCUT2D eigenvalue weighted by Crippen LogP contribution is 2.12. The van der Waals surface area contributed by atoms with Crippen molar-refractivity contribution in [3.05, 3.63) is 11.7 Å². The standard InChI is InChI=1S/C9H15N3O2/c1-6-8(3-4-13-6)10-5-9-11-7(2)14-12-9/h6,8,10H,3-5H2,1-2H3/t6-,8-/m1/s1. The Kier molecular flexibility index (Phi) is 2.79. The van der Waals surface area contributed by atoms with Crippen LogP contribution >= 0.6 is 0 Å². The summed E-state index contributed by atoms with van der Waals surface area (Å²) in [5.74, 6) is 1.32. The Morgan fingerprint density at radius 2 is 2.43 bits per heavy atom. The number of aryl methyl sites for hydroxylation is 1. The average molecular weight is 197 g/mol. The third-order valence-corrected chi connectivity index (χ3v) is 2.47. The zero-order valence-electron chi connectivity index (χ0n) is 8.49. The largest absolute Gasteiger partial charge is 0.377 e. The average Bonchev–Trinajstić information content (AvgIpc) is 2.72. The second-order valence-electron chi connectivity index (χ2n) is 3.58. The summed E-state index contributed by atoms with van der Waals surface area (Å²) in [5.41, 5.74) is 0. The van der Waals surface area contributed by atoms with Crippen LogP contribution in [0.1, 0.15) is 25.1 Å². The number of aromatic nitrogens is 2. The molecule has 0 bridgehead atoms. The van der Waals surface area contributed by atoms with Crippen LogP contribution in [-0.4, -0.2) is 28.9 Å². The SMILES string of the molecule is Cc1nc(CN[C@@H]2CCO[C@@H]2C)no1. The van der Waals surface area contributed by atoms with Crippen LogP contribution in [0.25, 0.3) is 0 Å². The first-order valence-electron chi connectivity index (χ1n) is 4.90. The van der Waals surface area contributed by atoms with Gasteiger partial charge in [0.05, 0.1) is 12.6 Å². The van der Waals surface area contributed by atoms with E-state index in [-0.39, 0.29) is 6.10 Å². The van der Waals surface area contributed by atoms with E-state index in [1.54, 1.807) is 6.92 Å². The fourth-order valence-corrected chi connectivity index (χ4v) is 1.64. The van der Waals surface area contributed by atoms with Crippen LogP contribution in [0.15, 0.2) is 4.52 Å². The van der Waals surface area contributed by atoms with Gasteiger partial charge in [-0.1, -0.05) is 5.16 Å². The number of rotatable bonds is 3. The van der Waals surface area contributed by atoms with Gasteiger partial charge >= 0.3 is 0 Å². The van der Waals surface area contributed by atoms with E-state index in [9.17, 15) is 0 Å². The lowest BCUT2D eigenvalue weighted by Gasteiger charge is -2.14. The van der Waals surface area contributed by atoms with Crippen LogP contribution in [0.2, 0.25) is 0 Å². The lowest BCUT2D eigenvalue weighted by atomic mass is 10.1. The van der Waals surface area contributed by atoms with Crippen molar-refractivity contribution < 1.29 is 9.26 Å². The molecule has 2 atom stereocenters. The molecule has 1 N–H and O–H groups in total. The number of nitrogens with zero attached hydrogens (tertiary/aromatic N) is 2. The van der Waals surface area contributed by atoms with Gasteiger partial charge in [0.15, 0.2) is 5.82 Å². The molecular formula is C9H15N3O2. The van der Waals surface area contributed by atoms with E-state index in [2.05, 4.69) is 22.4 Å². The highest BCUT2D eigenvalue weighted by atomic mass is 16.5. The van der Waals surface area contributed by atoms with Gasteiger partial charge in [-0.2, -0.15) is 4.98 Å². The van der Waals surface area contributed by atoms with Crippen molar-refractivity contribution in [2.24, 2.45) is 0 Å². The van der Waals surface area contributed by atoms with Crippen molar-refractivity contribution >= 4 is 0 Å². The quantitative estimate of drug-likeness (QED) is 0.770. The first-order chi connectivity index (χ1) is 6.75. The molecule has 1 fully saturated rings. The molecule has 5 nitrogen and oxygen atoms in total. The van der Waals surface area contributed by atoms with Crippen LogP contribution in [0.5, 0.6) is 0 Å². The summed E-state index contributed by atoms with van der Waals surface area (Å²) in [6.45, 7) is 5.35. The zero-order chi connectivity index (χ0) is 9.97. The first-order valence-corrected chi connectivity index (χ1v) is 4.90. The Hall–Kier alpha value is -0.940. The highest BCUT2D eigenvalue weighted by molar-refractivity contribution is 4.86. The lowest BCUT2D eigenvalue weighted by molar-refractivity contribution is 0.113. The van der Waals surface area contributed by atoms with Crippen LogP contribution in [-0.2, 0) is 11.3 Å². The summed E-state index contributed by atoms with van der Waals surface area (Å²) in [6.07, 6.45) is 1.33. The molecule has 1 aromatic rings. The number of hydrogen-bond acceptors (Lipinski definition) is 5. The molecule has 0 aliphatic carbocycles. The second-order valence-corrected chi connectivity index (χ2v) is 3.58. The van der Waals surface area contributed by atoms with E-state index in [0.717, 1.165) is 13.0 Å². The molecule has 78 valence electrons. The Balaban J connectivity index is 1.82. The van der Waals surface area contributed by atoms with Crippen molar-refractivity contribution in [1.82, 2.24) is 15.5 Å². The van der Waals surface area contributed by atoms with E-state index in [0.29, 0.717) is 24.3 Å². The van der Waals surface area contributed by atoms with Crippen molar-refractivity contribution in [2.45, 2.75) is 39.0 Å². The predicted molar refractivity (Wildman–Crippen MR) is 49.7 cm³/mol. The number of hydrogen-bond donors (Lipinski definition) is 1. The monoisotopic (exact) mass is 197 g/mol. The van der Waals surface area contributed by atoms with E-state index in [4.69, 9.17) is 9.26 Å². The van der Waals surface area contributed by atoms with Gasteiger partial charge in [0.1, 0.15) is 0 Å². The molecule has 0 amide bonds. The maximum absolute atomic E-state index is 5.43. The fraction of sp³-hybridized carbons (Fsp3) is 0.778. The molecule has 0 aromatic carbocycles. The van der Waals surface area contributed by atoms with Crippen LogP contribution in [0.4, 0.5) is 0 Å². The van der Waals surface area contributed by atoms with Crippen LogP contribution in [0.3, 0.4) is 0 Å². The third-order valence-electron chi connectivity index (χ3n) is 2.47. The summed E-state index contributed by atoms with van der Waals surface area (Å²) < 4.78 is 10.3. The van der Waals surface area contributed by atoms with E-state index in [1.807, 2.05) is 0 Å². The minimum Gasteiger partial charge on any atom is -0.377 e. The van der Waals surface area contributed by atoms with Crippen molar-refractivity contribution in [2.75, 3.05) is 6.61 Å². The van der Waals surface area contributed by atoms with Gasteiger partial charge in [-0.05, 0) is 13.3 Å². The van der Waals surface area contributed by atoms with Gasteiger partial charge in [0.25, 0.3) is 0 Å². The smallest absolute Gasteiger partial charge is 0.223 e. The summed E-state index contributed by atoms with van der Waals surface area (Å²) in [6, 6.07) is 0.411. The molecule has 1 aliphatic heterocycles. The molecule has 0 unspecified atom stereocenters. The van der Waals surface area contributed by atoms with Gasteiger partial charge in [0.2, 0.25) is 5.89 Å². The van der Waals surface area contributed by atoms with E-state index in [1.165, 1.54) is 0 Å². The van der Waals surface area contributed by atoms with Crippen molar-refractivity contribution in [3.63, 3.8) is 0 Å². The number of ether oxygens (including phenoxy) is 1. The molecule has 0 saturated carbocycles. The zero-order valence-corrected chi connectivity index (χ0v) is 8.49. The van der Waals surface area contributed by atoms with E-state index < -0.39 is 0 Å². The van der Waals surface area contributed by atoms with Crippen LogP contribution in [0, 0.1) is 6.92 Å². The van der Waals surface area contributed by atoms with Crippen LogP contribution < -0.4 is 5.32 Å². The second kappa shape index (κ2) is 4.06. The summed E-state index contributed by atoms with van der Waals surface area (Å²) in [4.78, 5) is 4.12. The van der Waals surface area contributed by atoms with E-state index >= 15 is 0 Å². The van der Waals surface area contributed by atoms with Gasteiger partial charge in [-0.15, -0.1) is 0 Å². The molecule has 0 spiro atoms. The molecule has 2 rings (SSSR count). The fourth-order valence-electron chi connectivity index (χ4n) is 1.64. The lowest BCUT2D eigenvalue weighted by Crippen LogP contribution is -2.34. The Bertz CT molecular complexity index is 300. The summed E-state index contributed by atoms with van der Waals surface area (Å²) >= 11 is 0. The Labute approximate surface area is 82.8 Å². The summed E-state index contributed by atoms with van der Waals surface area (Å²) in [5, 5.41) is 7.16. The molecular weight excluding hydrogens is 182 g/mol. The Morgan fingerprint density at radius 3 is 3.00 bits per heavy atom. The van der Waals surface area contributed by atoms with Gasteiger partial charge in [-0.3, -0.25) is 0 Å². The summed E-state index contributed by atoms with van der Waals surface area (Å²) in [7, 11) is 0. The predicted octanol–water partition coefficient (Wildman–Crippen LogP) is 0.645. The minimum absolute atomic E-state index is 0.281. The Morgan fingerprint density at radius 1 is 1.57 bits per heavy atom. The van der Waals surface area contributed by atoms with Crippen molar-refractivity contribution in [1.29, 1.82) is 0 Å². The normalized spacial score (nSPS) is 27.0. The molecule has 5 heteroatoms. The molecule has 1 aromatic heterocycles. The first kappa shape index (κ1) is 9.61. The topological polar surface area (TPSA) is 60.2 Å². The maximum Gasteiger partial charge on any atom is 0.223 e. The van der Waals surface area contributed by atoms with Gasteiger partial charge < -0.3 is 14.6 Å². The van der Waals surface area contributed by atoms with Gasteiger partial charge in [0, 0.05) is 19.6 Å². The minimum atomic E-state index is 0.281. The van der Waals surface area contributed by atoms with Gasteiger partial charge in [-0.25, -0.2) is 0 Å². The van der Waals surface area contributed by atoms with Crippen molar-refractivity contribution in [3.8, 4) is 0 Å². The number of nitrogens with one attached hydrogen (secondary N) is 1. The molecule has 14 heavy (non-hydrogen) atoms. The molecule has 1 saturated heterocycles.